The highest BCUT2D eigenvalue weighted by Crippen LogP contribution is 2.37. The van der Waals surface area contributed by atoms with E-state index in [-0.39, 0.29) is 0 Å². The van der Waals surface area contributed by atoms with Gasteiger partial charge in [0.2, 0.25) is 0 Å². The molecule has 0 fully saturated rings. The summed E-state index contributed by atoms with van der Waals surface area (Å²) in [5.74, 6) is 0. The van der Waals surface area contributed by atoms with Gasteiger partial charge in [0.25, 0.3) is 0 Å². The summed E-state index contributed by atoms with van der Waals surface area (Å²) < 4.78 is 0. The van der Waals surface area contributed by atoms with Crippen molar-refractivity contribution in [2.75, 3.05) is 0 Å². The fourth-order valence-corrected chi connectivity index (χ4v) is 3.79. The molecule has 0 saturated carbocycles. The molecule has 0 atom stereocenters. The molecule has 5 aromatic carbocycles. The Kier molecular flexibility index (Phi) is 3.54. The van der Waals surface area contributed by atoms with E-state index < -0.39 is 0 Å². The van der Waals surface area contributed by atoms with E-state index in [0.717, 1.165) is 0 Å². The molecule has 0 unspecified atom stereocenters. The van der Waals surface area contributed by atoms with E-state index in [1.54, 1.807) is 0 Å². The van der Waals surface area contributed by atoms with Gasteiger partial charge in [-0.1, -0.05) is 97.1 Å². The van der Waals surface area contributed by atoms with Crippen molar-refractivity contribution in [3.63, 3.8) is 0 Å². The average Bonchev–Trinajstić information content (AvgIpc) is 2.72. The van der Waals surface area contributed by atoms with E-state index in [1.165, 1.54) is 43.8 Å². The van der Waals surface area contributed by atoms with E-state index >= 15 is 0 Å². The minimum absolute atomic E-state index is 1.25. The third-order valence-corrected chi connectivity index (χ3v) is 5.05. The molecular formula is C26H18. The maximum atomic E-state index is 2.32. The highest BCUT2D eigenvalue weighted by atomic mass is 14.1. The van der Waals surface area contributed by atoms with Crippen molar-refractivity contribution in [2.24, 2.45) is 0 Å². The van der Waals surface area contributed by atoms with Crippen LogP contribution in [-0.4, -0.2) is 0 Å². The molecule has 0 aliphatic carbocycles. The summed E-state index contributed by atoms with van der Waals surface area (Å²) in [6.45, 7) is 0. The smallest absolute Gasteiger partial charge is 0.00988 e. The molecule has 0 bridgehead atoms. The van der Waals surface area contributed by atoms with Crippen LogP contribution in [0.3, 0.4) is 0 Å². The van der Waals surface area contributed by atoms with Gasteiger partial charge in [-0.15, -0.1) is 0 Å². The Hall–Kier alpha value is -3.38. The zero-order chi connectivity index (χ0) is 17.3. The predicted octanol–water partition coefficient (Wildman–Crippen LogP) is 7.33. The molecule has 0 heterocycles. The van der Waals surface area contributed by atoms with Gasteiger partial charge in [-0.05, 0) is 55.9 Å². The highest BCUT2D eigenvalue weighted by molar-refractivity contribution is 6.06. The summed E-state index contributed by atoms with van der Waals surface area (Å²) in [4.78, 5) is 0. The molecule has 122 valence electrons. The number of benzene rings is 5. The summed E-state index contributed by atoms with van der Waals surface area (Å²) in [7, 11) is 0. The van der Waals surface area contributed by atoms with E-state index in [2.05, 4.69) is 109 Å². The lowest BCUT2D eigenvalue weighted by atomic mass is 9.90. The lowest BCUT2D eigenvalue weighted by molar-refractivity contribution is 1.60. The van der Waals surface area contributed by atoms with Crippen LogP contribution in [0.1, 0.15) is 0 Å². The fraction of sp³-hybridized carbons (Fsp3) is 0. The first kappa shape index (κ1) is 14.9. The van der Waals surface area contributed by atoms with Gasteiger partial charge in [0.05, 0.1) is 0 Å². The van der Waals surface area contributed by atoms with Crippen LogP contribution in [0.5, 0.6) is 0 Å². The van der Waals surface area contributed by atoms with Crippen LogP contribution in [0.25, 0.3) is 43.8 Å². The van der Waals surface area contributed by atoms with Crippen molar-refractivity contribution in [1.82, 2.24) is 0 Å². The van der Waals surface area contributed by atoms with Gasteiger partial charge in [0.1, 0.15) is 0 Å². The molecule has 0 aromatic heterocycles. The maximum Gasteiger partial charge on any atom is -0.00988 e. The number of rotatable bonds is 2. The number of hydrogen-bond donors (Lipinski definition) is 0. The van der Waals surface area contributed by atoms with Gasteiger partial charge in [-0.25, -0.2) is 0 Å². The summed E-state index contributed by atoms with van der Waals surface area (Å²) in [6.07, 6.45) is 0. The molecule has 0 heteroatoms. The van der Waals surface area contributed by atoms with Gasteiger partial charge in [0, 0.05) is 0 Å². The molecule has 5 rings (SSSR count). The Morgan fingerprint density at radius 1 is 0.346 bits per heavy atom. The van der Waals surface area contributed by atoms with Crippen LogP contribution in [0.2, 0.25) is 0 Å². The molecular weight excluding hydrogens is 312 g/mol. The van der Waals surface area contributed by atoms with Gasteiger partial charge in [-0.2, -0.15) is 0 Å². The first-order chi connectivity index (χ1) is 12.9. The van der Waals surface area contributed by atoms with Crippen molar-refractivity contribution < 1.29 is 0 Å². The fourth-order valence-electron chi connectivity index (χ4n) is 3.79. The van der Waals surface area contributed by atoms with Gasteiger partial charge >= 0.3 is 0 Å². The largest absolute Gasteiger partial charge is 0.0622 e. The lowest BCUT2D eigenvalue weighted by Gasteiger charge is -2.13. The van der Waals surface area contributed by atoms with Crippen LogP contribution >= 0.6 is 0 Å². The Bertz CT molecular complexity index is 1220. The quantitative estimate of drug-likeness (QED) is 0.297. The second kappa shape index (κ2) is 6.16. The first-order valence-electron chi connectivity index (χ1n) is 8.96. The van der Waals surface area contributed by atoms with Crippen LogP contribution < -0.4 is 0 Å². The topological polar surface area (TPSA) is 0 Å². The lowest BCUT2D eigenvalue weighted by Crippen LogP contribution is -1.87. The zero-order valence-electron chi connectivity index (χ0n) is 14.4. The van der Waals surface area contributed by atoms with E-state index in [1.807, 2.05) is 0 Å². The molecule has 0 aliphatic rings. The molecule has 26 heavy (non-hydrogen) atoms. The van der Waals surface area contributed by atoms with E-state index in [0.29, 0.717) is 0 Å². The summed E-state index contributed by atoms with van der Waals surface area (Å²) >= 11 is 0. The van der Waals surface area contributed by atoms with Crippen molar-refractivity contribution in [2.45, 2.75) is 0 Å². The Labute approximate surface area is 153 Å². The molecule has 0 aliphatic heterocycles. The number of hydrogen-bond acceptors (Lipinski definition) is 0. The first-order valence-corrected chi connectivity index (χ1v) is 8.96. The molecule has 0 amide bonds. The zero-order valence-corrected chi connectivity index (χ0v) is 14.4. The Morgan fingerprint density at radius 3 is 1.73 bits per heavy atom. The molecule has 5 aromatic rings. The summed E-state index contributed by atoms with van der Waals surface area (Å²) in [5, 5.41) is 5.15. The average molecular weight is 330 g/mol. The van der Waals surface area contributed by atoms with E-state index in [4.69, 9.17) is 0 Å². The van der Waals surface area contributed by atoms with Crippen LogP contribution in [-0.2, 0) is 0 Å². The standard InChI is InChI=1S/C26H18/c1-2-9-19(10-3-1)23-14-6-7-15-24(23)25-16-8-13-22-17-20-11-4-5-12-21(20)18-26(22)25/h1-18H. The SMILES string of the molecule is c1ccc(-c2ccccc2-c2cccc3cc4ccccc4cc23)cc1. The van der Waals surface area contributed by atoms with Gasteiger partial charge < -0.3 is 0 Å². The molecule has 0 radical (unpaired) electrons. The van der Waals surface area contributed by atoms with Crippen molar-refractivity contribution in [1.29, 1.82) is 0 Å². The van der Waals surface area contributed by atoms with Gasteiger partial charge in [0.15, 0.2) is 0 Å². The molecule has 0 spiro atoms. The van der Waals surface area contributed by atoms with Gasteiger partial charge in [-0.3, -0.25) is 0 Å². The number of fused-ring (bicyclic) bond motifs is 2. The normalized spacial score (nSPS) is 11.1. The summed E-state index contributed by atoms with van der Waals surface area (Å²) in [6, 6.07) is 39.1. The van der Waals surface area contributed by atoms with Crippen LogP contribution in [0.15, 0.2) is 109 Å². The van der Waals surface area contributed by atoms with Crippen molar-refractivity contribution in [3.8, 4) is 22.3 Å². The predicted molar refractivity (Wildman–Crippen MR) is 112 cm³/mol. The minimum atomic E-state index is 1.25. The molecule has 0 saturated heterocycles. The van der Waals surface area contributed by atoms with Crippen LogP contribution in [0.4, 0.5) is 0 Å². The second-order valence-electron chi connectivity index (χ2n) is 6.64. The maximum absolute atomic E-state index is 2.32. The molecule has 0 N–H and O–H groups in total. The minimum Gasteiger partial charge on any atom is -0.0622 e. The van der Waals surface area contributed by atoms with Crippen LogP contribution in [0, 0.1) is 0 Å². The van der Waals surface area contributed by atoms with Crippen molar-refractivity contribution >= 4 is 21.5 Å². The Morgan fingerprint density at radius 2 is 0.923 bits per heavy atom. The van der Waals surface area contributed by atoms with Crippen molar-refractivity contribution in [3.05, 3.63) is 109 Å². The molecule has 0 nitrogen and oxygen atoms in total. The third kappa shape index (κ3) is 2.48. The monoisotopic (exact) mass is 330 g/mol. The highest BCUT2D eigenvalue weighted by Gasteiger charge is 2.10. The van der Waals surface area contributed by atoms with E-state index in [9.17, 15) is 0 Å². The Balaban J connectivity index is 1.82. The third-order valence-electron chi connectivity index (χ3n) is 5.05. The summed E-state index contributed by atoms with van der Waals surface area (Å²) in [5.41, 5.74) is 5.09. The second-order valence-corrected chi connectivity index (χ2v) is 6.64.